The van der Waals surface area contributed by atoms with Crippen molar-refractivity contribution < 1.29 is 13.2 Å². The quantitative estimate of drug-likeness (QED) is 0.622. The lowest BCUT2D eigenvalue weighted by molar-refractivity contribution is 0.181. The zero-order chi connectivity index (χ0) is 20.3. The molecule has 1 aliphatic rings. The molecule has 0 N–H and O–H groups in total. The Morgan fingerprint density at radius 1 is 0.966 bits per heavy atom. The molecule has 2 heterocycles. The van der Waals surface area contributed by atoms with E-state index in [0.29, 0.717) is 26.2 Å². The predicted molar refractivity (Wildman–Crippen MR) is 111 cm³/mol. The Hall–Kier alpha value is -2.68. The lowest BCUT2D eigenvalue weighted by Gasteiger charge is -2.33. The van der Waals surface area contributed by atoms with Crippen LogP contribution in [-0.4, -0.2) is 60.7 Å². The number of aromatic nitrogens is 2. The third kappa shape index (κ3) is 4.34. The zero-order valence-corrected chi connectivity index (χ0v) is 17.1. The van der Waals surface area contributed by atoms with Crippen LogP contribution in [0.4, 0.5) is 0 Å². The second-order valence-corrected chi connectivity index (χ2v) is 8.92. The number of piperazine rings is 1. The molecular weight excluding hydrogens is 388 g/mol. The fraction of sp³-hybridized carbons (Fsp3) is 0.286. The summed E-state index contributed by atoms with van der Waals surface area (Å²) >= 11 is 0. The summed E-state index contributed by atoms with van der Waals surface area (Å²) in [7, 11) is -1.90. The van der Waals surface area contributed by atoms with Gasteiger partial charge in [0.25, 0.3) is 0 Å². The Morgan fingerprint density at radius 2 is 1.66 bits per heavy atom. The molecule has 152 valence electrons. The highest BCUT2D eigenvalue weighted by Gasteiger charge is 2.29. The molecule has 8 heteroatoms. The maximum atomic E-state index is 13.0. The molecule has 0 saturated carbocycles. The fourth-order valence-electron chi connectivity index (χ4n) is 3.43. The molecule has 0 unspecified atom stereocenters. The van der Waals surface area contributed by atoms with Crippen molar-refractivity contribution in [2.75, 3.05) is 33.3 Å². The highest BCUT2D eigenvalue weighted by atomic mass is 32.2. The first-order valence-corrected chi connectivity index (χ1v) is 11.0. The number of methoxy groups -OCH3 is 1. The topological polar surface area (TPSA) is 67.7 Å². The van der Waals surface area contributed by atoms with E-state index in [1.165, 1.54) is 11.8 Å². The molecular formula is C21H24N4O3S. The molecule has 0 spiro atoms. The highest BCUT2D eigenvalue weighted by molar-refractivity contribution is 7.89. The summed E-state index contributed by atoms with van der Waals surface area (Å²) in [6, 6.07) is 17.5. The van der Waals surface area contributed by atoms with Crippen LogP contribution >= 0.6 is 0 Å². The van der Waals surface area contributed by atoms with Crippen LogP contribution in [0.1, 0.15) is 5.56 Å². The second-order valence-electron chi connectivity index (χ2n) is 6.98. The molecule has 1 fully saturated rings. The largest absolute Gasteiger partial charge is 0.497 e. The minimum absolute atomic E-state index is 0.227. The van der Waals surface area contributed by atoms with Gasteiger partial charge in [-0.3, -0.25) is 4.90 Å². The van der Waals surface area contributed by atoms with Crippen LogP contribution in [0.25, 0.3) is 5.69 Å². The molecule has 1 aliphatic heterocycles. The number of ether oxygens (including phenoxy) is 1. The predicted octanol–water partition coefficient (Wildman–Crippen LogP) is 2.39. The van der Waals surface area contributed by atoms with Crippen LogP contribution in [0, 0.1) is 0 Å². The van der Waals surface area contributed by atoms with Crippen molar-refractivity contribution in [3.05, 3.63) is 72.6 Å². The minimum Gasteiger partial charge on any atom is -0.497 e. The monoisotopic (exact) mass is 412 g/mol. The van der Waals surface area contributed by atoms with Crippen LogP contribution in [0.15, 0.2) is 71.9 Å². The molecule has 0 aliphatic carbocycles. The van der Waals surface area contributed by atoms with Gasteiger partial charge in [0.2, 0.25) is 10.0 Å². The first kappa shape index (κ1) is 19.6. The summed E-state index contributed by atoms with van der Waals surface area (Å²) in [6.45, 7) is 3.12. The van der Waals surface area contributed by atoms with Crippen molar-refractivity contribution in [2.45, 2.75) is 11.4 Å². The molecule has 1 saturated heterocycles. The second kappa shape index (κ2) is 8.36. The van der Waals surface area contributed by atoms with Crippen molar-refractivity contribution >= 4 is 10.0 Å². The van der Waals surface area contributed by atoms with Crippen molar-refractivity contribution in [2.24, 2.45) is 0 Å². The number of para-hydroxylation sites is 1. The standard InChI is InChI=1S/C21H24N4O3S/c1-28-20-9-7-18(8-10-20)16-23-11-13-24(14-12-23)29(26,27)21-15-22-25(17-21)19-5-3-2-4-6-19/h2-10,15,17H,11-14,16H2,1H3. The lowest BCUT2D eigenvalue weighted by atomic mass is 10.2. The van der Waals surface area contributed by atoms with Crippen molar-refractivity contribution in [1.29, 1.82) is 0 Å². The Kier molecular flexibility index (Phi) is 5.66. The van der Waals surface area contributed by atoms with Crippen molar-refractivity contribution in [3.63, 3.8) is 0 Å². The summed E-state index contributed by atoms with van der Waals surface area (Å²) in [4.78, 5) is 2.49. The molecule has 7 nitrogen and oxygen atoms in total. The van der Waals surface area contributed by atoms with Gasteiger partial charge in [0, 0.05) is 32.7 Å². The molecule has 1 aromatic heterocycles. The smallest absolute Gasteiger partial charge is 0.246 e. The van der Waals surface area contributed by atoms with Gasteiger partial charge >= 0.3 is 0 Å². The molecule has 0 atom stereocenters. The van der Waals surface area contributed by atoms with Gasteiger partial charge < -0.3 is 4.74 Å². The number of hydrogen-bond donors (Lipinski definition) is 0. The summed E-state index contributed by atoms with van der Waals surface area (Å²) < 4.78 is 34.3. The number of nitrogens with zero attached hydrogens (tertiary/aromatic N) is 4. The van der Waals surface area contributed by atoms with Crippen LogP contribution < -0.4 is 4.74 Å². The number of benzene rings is 2. The normalized spacial score (nSPS) is 16.0. The van der Waals surface area contributed by atoms with Crippen LogP contribution in [0.2, 0.25) is 0 Å². The molecule has 3 aromatic rings. The molecule has 0 radical (unpaired) electrons. The summed E-state index contributed by atoms with van der Waals surface area (Å²) in [5.74, 6) is 0.834. The molecule has 4 rings (SSSR count). The summed E-state index contributed by atoms with van der Waals surface area (Å²) in [5.41, 5.74) is 2.02. The van der Waals surface area contributed by atoms with E-state index in [2.05, 4.69) is 10.00 Å². The third-order valence-corrected chi connectivity index (χ3v) is 6.97. The number of hydrogen-bond acceptors (Lipinski definition) is 5. The zero-order valence-electron chi connectivity index (χ0n) is 16.3. The Morgan fingerprint density at radius 3 is 2.31 bits per heavy atom. The Balaban J connectivity index is 1.39. The molecule has 2 aromatic carbocycles. The van der Waals surface area contributed by atoms with E-state index in [1.54, 1.807) is 22.3 Å². The van der Waals surface area contributed by atoms with E-state index in [0.717, 1.165) is 18.0 Å². The van der Waals surface area contributed by atoms with E-state index in [9.17, 15) is 8.42 Å². The van der Waals surface area contributed by atoms with Crippen LogP contribution in [0.3, 0.4) is 0 Å². The summed E-state index contributed by atoms with van der Waals surface area (Å²) in [6.07, 6.45) is 3.00. The Bertz CT molecular complexity index is 1040. The van der Waals surface area contributed by atoms with E-state index in [-0.39, 0.29) is 4.90 Å². The van der Waals surface area contributed by atoms with Crippen molar-refractivity contribution in [3.8, 4) is 11.4 Å². The number of sulfonamides is 1. The van der Waals surface area contributed by atoms with Gasteiger partial charge in [0.05, 0.1) is 25.2 Å². The third-order valence-electron chi connectivity index (χ3n) is 5.11. The highest BCUT2D eigenvalue weighted by Crippen LogP contribution is 2.20. The van der Waals surface area contributed by atoms with Gasteiger partial charge in [-0.05, 0) is 29.8 Å². The first-order valence-electron chi connectivity index (χ1n) is 9.52. The molecule has 0 bridgehead atoms. The van der Waals surface area contributed by atoms with Gasteiger partial charge in [0.15, 0.2) is 0 Å². The van der Waals surface area contributed by atoms with Gasteiger partial charge in [-0.2, -0.15) is 9.40 Å². The Labute approximate surface area is 171 Å². The minimum atomic E-state index is -3.55. The van der Waals surface area contributed by atoms with Gasteiger partial charge in [-0.1, -0.05) is 30.3 Å². The number of rotatable bonds is 6. The van der Waals surface area contributed by atoms with E-state index >= 15 is 0 Å². The molecule has 0 amide bonds. The van der Waals surface area contributed by atoms with Crippen molar-refractivity contribution in [1.82, 2.24) is 19.0 Å². The maximum absolute atomic E-state index is 13.0. The van der Waals surface area contributed by atoms with Gasteiger partial charge in [0.1, 0.15) is 10.6 Å². The van der Waals surface area contributed by atoms with E-state index in [1.807, 2.05) is 54.6 Å². The van der Waals surface area contributed by atoms with Crippen LogP contribution in [-0.2, 0) is 16.6 Å². The van der Waals surface area contributed by atoms with Gasteiger partial charge in [-0.15, -0.1) is 0 Å². The SMILES string of the molecule is COc1ccc(CN2CCN(S(=O)(=O)c3cnn(-c4ccccc4)c3)CC2)cc1. The lowest BCUT2D eigenvalue weighted by Crippen LogP contribution is -2.48. The first-order chi connectivity index (χ1) is 14.1. The average Bonchev–Trinajstić information content (AvgIpc) is 3.27. The van der Waals surface area contributed by atoms with E-state index < -0.39 is 10.0 Å². The molecule has 29 heavy (non-hydrogen) atoms. The van der Waals surface area contributed by atoms with Gasteiger partial charge in [-0.25, -0.2) is 13.1 Å². The average molecular weight is 413 g/mol. The fourth-order valence-corrected chi connectivity index (χ4v) is 4.78. The van der Waals surface area contributed by atoms with Crippen LogP contribution in [0.5, 0.6) is 5.75 Å². The summed E-state index contributed by atoms with van der Waals surface area (Å²) in [5, 5.41) is 4.22. The maximum Gasteiger partial charge on any atom is 0.246 e. The van der Waals surface area contributed by atoms with E-state index in [4.69, 9.17) is 4.74 Å².